The number of nitrogens with two attached hydrogens (primary N) is 1. The Bertz CT molecular complexity index is 610. The number of hydrogen-bond donors (Lipinski definition) is 1. The van der Waals surface area contributed by atoms with Crippen LogP contribution in [-0.4, -0.2) is 11.9 Å². The molecule has 2 rings (SSSR count). The average molecular weight is 304 g/mol. The van der Waals surface area contributed by atoms with Crippen molar-refractivity contribution in [2.24, 2.45) is 0 Å². The quantitative estimate of drug-likeness (QED) is 0.637. The molecule has 0 aliphatic carbocycles. The highest BCUT2D eigenvalue weighted by atomic mass is 35.5. The van der Waals surface area contributed by atoms with Crippen LogP contribution in [0, 0.1) is 0 Å². The fraction of sp³-hybridized carbons (Fsp3) is 0.235. The molecule has 0 saturated heterocycles. The van der Waals surface area contributed by atoms with E-state index in [0.717, 1.165) is 6.42 Å². The van der Waals surface area contributed by atoms with Gasteiger partial charge in [-0.25, -0.2) is 0 Å². The summed E-state index contributed by atoms with van der Waals surface area (Å²) in [4.78, 5) is 12.5. The van der Waals surface area contributed by atoms with Crippen molar-refractivity contribution < 1.29 is 9.53 Å². The van der Waals surface area contributed by atoms with Gasteiger partial charge in [0.2, 0.25) is 5.78 Å². The van der Waals surface area contributed by atoms with Gasteiger partial charge in [-0.2, -0.15) is 0 Å². The van der Waals surface area contributed by atoms with Gasteiger partial charge in [-0.1, -0.05) is 31.0 Å². The van der Waals surface area contributed by atoms with E-state index < -0.39 is 6.10 Å². The Labute approximate surface area is 129 Å². The van der Waals surface area contributed by atoms with Gasteiger partial charge in [0, 0.05) is 22.3 Å². The lowest BCUT2D eigenvalue weighted by atomic mass is 10.0. The third-order valence-corrected chi connectivity index (χ3v) is 3.36. The van der Waals surface area contributed by atoms with Gasteiger partial charge in [-0.3, -0.25) is 4.79 Å². The van der Waals surface area contributed by atoms with Crippen LogP contribution in [0.1, 0.15) is 30.1 Å². The van der Waals surface area contributed by atoms with Crippen LogP contribution in [0.25, 0.3) is 0 Å². The van der Waals surface area contributed by atoms with Crippen molar-refractivity contribution in [3.63, 3.8) is 0 Å². The number of anilines is 1. The highest BCUT2D eigenvalue weighted by Crippen LogP contribution is 2.20. The fourth-order valence-corrected chi connectivity index (χ4v) is 2.18. The monoisotopic (exact) mass is 303 g/mol. The predicted molar refractivity (Wildman–Crippen MR) is 86.0 cm³/mol. The van der Waals surface area contributed by atoms with Gasteiger partial charge >= 0.3 is 0 Å². The molecule has 1 atom stereocenters. The second kappa shape index (κ2) is 7.14. The molecule has 0 radical (unpaired) electrons. The molecule has 0 heterocycles. The molecule has 0 bridgehead atoms. The van der Waals surface area contributed by atoms with Crippen molar-refractivity contribution in [2.45, 2.75) is 25.9 Å². The number of rotatable bonds is 6. The van der Waals surface area contributed by atoms with Crippen LogP contribution in [0.3, 0.4) is 0 Å². The minimum atomic E-state index is -0.516. The summed E-state index contributed by atoms with van der Waals surface area (Å²) in [6.07, 6.45) is 0.987. The number of Topliss-reactive ketones (excluding diaryl/α,β-unsaturated/α-hetero) is 1. The molecule has 0 aromatic heterocycles. The first-order chi connectivity index (χ1) is 10.1. The largest absolute Gasteiger partial charge is 0.482 e. The summed E-state index contributed by atoms with van der Waals surface area (Å²) < 4.78 is 5.82. The summed E-state index contributed by atoms with van der Waals surface area (Å²) in [5.41, 5.74) is 6.94. The number of benzene rings is 2. The summed E-state index contributed by atoms with van der Waals surface area (Å²) >= 11 is 5.85. The van der Waals surface area contributed by atoms with Crippen LogP contribution in [-0.2, 0) is 0 Å². The molecule has 2 aromatic rings. The summed E-state index contributed by atoms with van der Waals surface area (Å²) in [5.74, 6) is 0.562. The van der Waals surface area contributed by atoms with E-state index in [1.54, 1.807) is 48.5 Å². The van der Waals surface area contributed by atoms with E-state index in [1.165, 1.54) is 0 Å². The Morgan fingerprint density at radius 2 is 1.95 bits per heavy atom. The lowest BCUT2D eigenvalue weighted by Gasteiger charge is -2.18. The molecule has 4 heteroatoms. The Hall–Kier alpha value is -2.00. The van der Waals surface area contributed by atoms with Gasteiger partial charge in [-0.05, 0) is 42.8 Å². The maximum absolute atomic E-state index is 12.5. The highest BCUT2D eigenvalue weighted by molar-refractivity contribution is 6.30. The molecular weight excluding hydrogens is 286 g/mol. The lowest BCUT2D eigenvalue weighted by Crippen LogP contribution is -2.27. The van der Waals surface area contributed by atoms with E-state index in [2.05, 4.69) is 0 Å². The summed E-state index contributed by atoms with van der Waals surface area (Å²) in [6.45, 7) is 2.02. The molecule has 0 aliphatic rings. The standard InChI is InChI=1S/C17H18ClNO2/c1-2-4-16(21-15-6-3-5-14(19)11-15)17(20)12-7-9-13(18)10-8-12/h3,5-11,16H,2,4,19H2,1H3. The Morgan fingerprint density at radius 1 is 1.24 bits per heavy atom. The molecule has 3 nitrogen and oxygen atoms in total. The number of ether oxygens (including phenoxy) is 1. The Balaban J connectivity index is 2.18. The minimum absolute atomic E-state index is 0.0454. The molecule has 0 spiro atoms. The second-order valence-electron chi connectivity index (χ2n) is 4.84. The van der Waals surface area contributed by atoms with Crippen molar-refractivity contribution in [2.75, 3.05) is 5.73 Å². The van der Waals surface area contributed by atoms with Crippen molar-refractivity contribution in [3.05, 3.63) is 59.1 Å². The van der Waals surface area contributed by atoms with Crippen LogP contribution in [0.5, 0.6) is 5.75 Å². The summed E-state index contributed by atoms with van der Waals surface area (Å²) in [7, 11) is 0. The van der Waals surface area contributed by atoms with Crippen molar-refractivity contribution in [1.82, 2.24) is 0 Å². The SMILES string of the molecule is CCCC(Oc1cccc(N)c1)C(=O)c1ccc(Cl)cc1. The number of carbonyl (C=O) groups is 1. The smallest absolute Gasteiger partial charge is 0.203 e. The van der Waals surface area contributed by atoms with Crippen molar-refractivity contribution >= 4 is 23.1 Å². The van der Waals surface area contributed by atoms with Gasteiger partial charge < -0.3 is 10.5 Å². The van der Waals surface area contributed by atoms with Gasteiger partial charge in [0.25, 0.3) is 0 Å². The summed E-state index contributed by atoms with van der Waals surface area (Å²) in [6, 6.07) is 14.0. The molecule has 2 aromatic carbocycles. The van der Waals surface area contributed by atoms with Gasteiger partial charge in [-0.15, -0.1) is 0 Å². The van der Waals surface area contributed by atoms with Crippen molar-refractivity contribution in [1.29, 1.82) is 0 Å². The fourth-order valence-electron chi connectivity index (χ4n) is 2.06. The second-order valence-corrected chi connectivity index (χ2v) is 5.28. The van der Waals surface area contributed by atoms with Crippen LogP contribution >= 0.6 is 11.6 Å². The van der Waals surface area contributed by atoms with Crippen LogP contribution in [0.4, 0.5) is 5.69 Å². The van der Waals surface area contributed by atoms with Crippen LogP contribution in [0.2, 0.25) is 5.02 Å². The Kier molecular flexibility index (Phi) is 5.23. The molecular formula is C17H18ClNO2. The first-order valence-electron chi connectivity index (χ1n) is 6.92. The minimum Gasteiger partial charge on any atom is -0.482 e. The maximum atomic E-state index is 12.5. The Morgan fingerprint density at radius 3 is 2.57 bits per heavy atom. The highest BCUT2D eigenvalue weighted by Gasteiger charge is 2.21. The number of ketones is 1. The zero-order chi connectivity index (χ0) is 15.2. The first-order valence-corrected chi connectivity index (χ1v) is 7.30. The molecule has 0 aliphatic heterocycles. The van der Waals surface area contributed by atoms with E-state index in [4.69, 9.17) is 22.1 Å². The lowest BCUT2D eigenvalue weighted by molar-refractivity contribution is 0.0777. The number of carbonyl (C=O) groups excluding carboxylic acids is 1. The van der Waals surface area contributed by atoms with E-state index in [-0.39, 0.29) is 5.78 Å². The zero-order valence-electron chi connectivity index (χ0n) is 11.9. The average Bonchev–Trinajstić information content (AvgIpc) is 2.47. The maximum Gasteiger partial charge on any atom is 0.203 e. The zero-order valence-corrected chi connectivity index (χ0v) is 12.6. The number of halogens is 1. The van der Waals surface area contributed by atoms with E-state index in [1.807, 2.05) is 6.92 Å². The summed E-state index contributed by atoms with van der Waals surface area (Å²) in [5, 5.41) is 0.607. The molecule has 0 fully saturated rings. The number of nitrogen functional groups attached to an aromatic ring is 1. The number of hydrogen-bond acceptors (Lipinski definition) is 3. The van der Waals surface area contributed by atoms with Crippen LogP contribution < -0.4 is 10.5 Å². The van der Waals surface area contributed by atoms with E-state index in [9.17, 15) is 4.79 Å². The predicted octanol–water partition coefficient (Wildman–Crippen LogP) is 4.35. The molecule has 110 valence electrons. The van der Waals surface area contributed by atoms with E-state index >= 15 is 0 Å². The third-order valence-electron chi connectivity index (χ3n) is 3.11. The van der Waals surface area contributed by atoms with Gasteiger partial charge in [0.15, 0.2) is 6.10 Å². The van der Waals surface area contributed by atoms with Crippen LogP contribution in [0.15, 0.2) is 48.5 Å². The molecule has 2 N–H and O–H groups in total. The molecule has 0 amide bonds. The molecule has 21 heavy (non-hydrogen) atoms. The third kappa shape index (κ3) is 4.23. The molecule has 0 saturated carbocycles. The molecule has 1 unspecified atom stereocenters. The normalized spacial score (nSPS) is 11.9. The topological polar surface area (TPSA) is 52.3 Å². The van der Waals surface area contributed by atoms with Crippen molar-refractivity contribution in [3.8, 4) is 5.75 Å². The van der Waals surface area contributed by atoms with E-state index in [0.29, 0.717) is 28.4 Å². The first kappa shape index (κ1) is 15.4. The van der Waals surface area contributed by atoms with Gasteiger partial charge in [0.1, 0.15) is 5.75 Å². The van der Waals surface area contributed by atoms with Gasteiger partial charge in [0.05, 0.1) is 0 Å².